The van der Waals surface area contributed by atoms with Gasteiger partial charge in [-0.2, -0.15) is 0 Å². The third-order valence-corrected chi connectivity index (χ3v) is 4.42. The van der Waals surface area contributed by atoms with Crippen LogP contribution in [0.3, 0.4) is 0 Å². The van der Waals surface area contributed by atoms with Crippen LogP contribution in [0.5, 0.6) is 5.75 Å². The molecule has 2 aromatic carbocycles. The maximum absolute atomic E-state index is 12.9. The van der Waals surface area contributed by atoms with E-state index < -0.39 is 11.6 Å². The zero-order chi connectivity index (χ0) is 19.7. The number of hydrogen-bond acceptors (Lipinski definition) is 3. The van der Waals surface area contributed by atoms with Crippen molar-refractivity contribution in [2.24, 2.45) is 0 Å². The van der Waals surface area contributed by atoms with Crippen molar-refractivity contribution in [3.05, 3.63) is 90.5 Å². The lowest BCUT2D eigenvalue weighted by Gasteiger charge is -2.36. The minimum Gasteiger partial charge on any atom is -0.497 e. The van der Waals surface area contributed by atoms with Gasteiger partial charge in [0.25, 0.3) is 0 Å². The van der Waals surface area contributed by atoms with Crippen LogP contribution >= 0.6 is 0 Å². The van der Waals surface area contributed by atoms with Crippen molar-refractivity contribution in [1.82, 2.24) is 4.90 Å². The molecular weight excluding hydrogens is 338 g/mol. The number of amides is 1. The van der Waals surface area contributed by atoms with Crippen LogP contribution in [0.4, 0.5) is 4.79 Å². The van der Waals surface area contributed by atoms with Crippen molar-refractivity contribution in [2.75, 3.05) is 7.11 Å². The molecule has 0 bridgehead atoms. The maximum atomic E-state index is 12.9. The minimum atomic E-state index is -0.664. The van der Waals surface area contributed by atoms with Crippen LogP contribution in [-0.2, 0) is 17.9 Å². The molecule has 0 aliphatic rings. The van der Waals surface area contributed by atoms with Crippen LogP contribution in [-0.4, -0.2) is 23.6 Å². The molecule has 4 heteroatoms. The smallest absolute Gasteiger partial charge is 0.411 e. The fourth-order valence-electron chi connectivity index (χ4n) is 2.75. The van der Waals surface area contributed by atoms with Gasteiger partial charge in [0.1, 0.15) is 12.4 Å². The lowest BCUT2D eigenvalue weighted by atomic mass is 9.98. The van der Waals surface area contributed by atoms with Gasteiger partial charge in [-0.1, -0.05) is 60.7 Å². The molecule has 0 radical (unpaired) electrons. The summed E-state index contributed by atoms with van der Waals surface area (Å²) < 4.78 is 10.8. The maximum Gasteiger partial charge on any atom is 0.411 e. The van der Waals surface area contributed by atoms with E-state index in [9.17, 15) is 4.79 Å². The average molecular weight is 365 g/mol. The standard InChI is InChI=1S/C23H27NO3/c1-5-16-23(3,6-2)24(17-19-12-14-21(26-4)15-13-19)22(25)27-18-20-10-8-7-9-11-20/h5-16H,2,17-18H2,1,3-4H3/b16-5+/t23-/m0/s1. The molecule has 0 fully saturated rings. The van der Waals surface area contributed by atoms with Crippen LogP contribution < -0.4 is 4.74 Å². The highest BCUT2D eigenvalue weighted by Gasteiger charge is 2.31. The predicted molar refractivity (Wildman–Crippen MR) is 109 cm³/mol. The zero-order valence-electron chi connectivity index (χ0n) is 16.2. The minimum absolute atomic E-state index is 0.224. The Hall–Kier alpha value is -3.01. The molecule has 0 aliphatic heterocycles. The molecule has 0 saturated carbocycles. The van der Waals surface area contributed by atoms with E-state index >= 15 is 0 Å². The second-order valence-corrected chi connectivity index (χ2v) is 6.40. The summed E-state index contributed by atoms with van der Waals surface area (Å²) in [5, 5.41) is 0. The lowest BCUT2D eigenvalue weighted by molar-refractivity contribution is 0.0735. The molecule has 27 heavy (non-hydrogen) atoms. The number of allylic oxidation sites excluding steroid dienone is 1. The van der Waals surface area contributed by atoms with Crippen molar-refractivity contribution in [1.29, 1.82) is 0 Å². The Morgan fingerprint density at radius 3 is 2.33 bits per heavy atom. The Bertz CT molecular complexity index is 768. The number of methoxy groups -OCH3 is 1. The molecule has 0 aliphatic carbocycles. The summed E-state index contributed by atoms with van der Waals surface area (Å²) in [6, 6.07) is 17.3. The number of carbonyl (C=O) groups excluding carboxylic acids is 1. The second kappa shape index (κ2) is 9.62. The van der Waals surface area contributed by atoms with E-state index in [1.54, 1.807) is 18.1 Å². The highest BCUT2D eigenvalue weighted by Crippen LogP contribution is 2.24. The Morgan fingerprint density at radius 2 is 1.78 bits per heavy atom. The van der Waals surface area contributed by atoms with E-state index in [4.69, 9.17) is 9.47 Å². The fourth-order valence-corrected chi connectivity index (χ4v) is 2.75. The van der Waals surface area contributed by atoms with Gasteiger partial charge in [0.05, 0.1) is 19.2 Å². The molecule has 2 rings (SSSR count). The molecule has 0 aromatic heterocycles. The van der Waals surface area contributed by atoms with Crippen LogP contribution in [0, 0.1) is 0 Å². The molecule has 1 amide bonds. The van der Waals surface area contributed by atoms with Crippen molar-refractivity contribution < 1.29 is 14.3 Å². The van der Waals surface area contributed by atoms with Gasteiger partial charge in [-0.25, -0.2) is 4.79 Å². The van der Waals surface area contributed by atoms with Gasteiger partial charge in [0, 0.05) is 0 Å². The van der Waals surface area contributed by atoms with Gasteiger partial charge in [-0.05, 0) is 37.1 Å². The lowest BCUT2D eigenvalue weighted by Crippen LogP contribution is -2.46. The van der Waals surface area contributed by atoms with Gasteiger partial charge >= 0.3 is 6.09 Å². The van der Waals surface area contributed by atoms with E-state index in [1.165, 1.54) is 0 Å². The summed E-state index contributed by atoms with van der Waals surface area (Å²) in [4.78, 5) is 14.6. The molecule has 0 heterocycles. The normalized spacial score (nSPS) is 13.0. The zero-order valence-corrected chi connectivity index (χ0v) is 16.2. The molecule has 2 aromatic rings. The molecule has 0 spiro atoms. The summed E-state index contributed by atoms with van der Waals surface area (Å²) in [5.74, 6) is 0.775. The van der Waals surface area contributed by atoms with Gasteiger partial charge in [0.15, 0.2) is 0 Å². The van der Waals surface area contributed by atoms with Crippen LogP contribution in [0.25, 0.3) is 0 Å². The van der Waals surface area contributed by atoms with Gasteiger partial charge < -0.3 is 9.47 Å². The second-order valence-electron chi connectivity index (χ2n) is 6.40. The number of ether oxygens (including phenoxy) is 2. The largest absolute Gasteiger partial charge is 0.497 e. The molecular formula is C23H27NO3. The van der Waals surface area contributed by atoms with E-state index in [2.05, 4.69) is 6.58 Å². The number of nitrogens with zero attached hydrogens (tertiary/aromatic N) is 1. The highest BCUT2D eigenvalue weighted by atomic mass is 16.6. The topological polar surface area (TPSA) is 38.8 Å². The average Bonchev–Trinajstić information content (AvgIpc) is 2.71. The molecule has 1 atom stereocenters. The van der Waals surface area contributed by atoms with Gasteiger partial charge in [0.2, 0.25) is 0 Å². The molecule has 0 saturated heterocycles. The van der Waals surface area contributed by atoms with Crippen molar-refractivity contribution >= 4 is 6.09 Å². The van der Waals surface area contributed by atoms with Crippen molar-refractivity contribution in [2.45, 2.75) is 32.5 Å². The molecule has 0 N–H and O–H groups in total. The first-order valence-corrected chi connectivity index (χ1v) is 8.91. The van der Waals surface area contributed by atoms with E-state index in [0.717, 1.165) is 16.9 Å². The third kappa shape index (κ3) is 5.48. The van der Waals surface area contributed by atoms with Crippen LogP contribution in [0.1, 0.15) is 25.0 Å². The summed E-state index contributed by atoms with van der Waals surface area (Å²) in [5.41, 5.74) is 1.26. The van der Waals surface area contributed by atoms with E-state index in [-0.39, 0.29) is 6.61 Å². The SMILES string of the molecule is C=C[C@@](C)(/C=C/C)N(Cc1ccc(OC)cc1)C(=O)OCc1ccccc1. The summed E-state index contributed by atoms with van der Waals surface area (Å²) in [6.45, 7) is 8.40. The first-order valence-electron chi connectivity index (χ1n) is 8.91. The summed E-state index contributed by atoms with van der Waals surface area (Å²) >= 11 is 0. The molecule has 0 unspecified atom stereocenters. The van der Waals surface area contributed by atoms with Crippen LogP contribution in [0.2, 0.25) is 0 Å². The Balaban J connectivity index is 2.22. The number of benzene rings is 2. The van der Waals surface area contributed by atoms with Crippen LogP contribution in [0.15, 0.2) is 79.4 Å². The Kier molecular flexibility index (Phi) is 7.24. The van der Waals surface area contributed by atoms with Crippen molar-refractivity contribution in [3.8, 4) is 5.75 Å². The quantitative estimate of drug-likeness (QED) is 0.592. The summed E-state index contributed by atoms with van der Waals surface area (Å²) in [6.07, 6.45) is 5.20. The number of rotatable bonds is 8. The predicted octanol–water partition coefficient (Wildman–Crippen LogP) is 5.35. The highest BCUT2D eigenvalue weighted by molar-refractivity contribution is 5.70. The van der Waals surface area contributed by atoms with Gasteiger partial charge in [-0.15, -0.1) is 6.58 Å². The first kappa shape index (κ1) is 20.3. The molecule has 4 nitrogen and oxygen atoms in total. The summed E-state index contributed by atoms with van der Waals surface area (Å²) in [7, 11) is 1.63. The monoisotopic (exact) mass is 365 g/mol. The van der Waals surface area contributed by atoms with E-state index in [1.807, 2.05) is 80.6 Å². The van der Waals surface area contributed by atoms with Crippen molar-refractivity contribution in [3.63, 3.8) is 0 Å². The van der Waals surface area contributed by atoms with E-state index in [0.29, 0.717) is 6.54 Å². The first-order chi connectivity index (χ1) is 13.0. The Morgan fingerprint density at radius 1 is 1.11 bits per heavy atom. The number of hydrogen-bond donors (Lipinski definition) is 0. The fraction of sp³-hybridized carbons (Fsp3) is 0.261. The Labute approximate surface area is 161 Å². The molecule has 142 valence electrons. The third-order valence-electron chi connectivity index (χ3n) is 4.42. The number of carbonyl (C=O) groups is 1. The van der Waals surface area contributed by atoms with Gasteiger partial charge in [-0.3, -0.25) is 4.90 Å².